The van der Waals surface area contributed by atoms with E-state index in [2.05, 4.69) is 4.98 Å². The normalized spacial score (nSPS) is 11.8. The number of aromatic nitrogens is 1. The third-order valence-corrected chi connectivity index (χ3v) is 3.90. The molecular formula is C23H27NO4. The monoisotopic (exact) mass is 381 g/mol. The van der Waals surface area contributed by atoms with Gasteiger partial charge in [-0.3, -0.25) is 14.6 Å². The van der Waals surface area contributed by atoms with Crippen molar-refractivity contribution in [2.75, 3.05) is 7.11 Å². The average molecular weight is 381 g/mol. The largest absolute Gasteiger partial charge is 0.469 e. The highest BCUT2D eigenvalue weighted by Crippen LogP contribution is 2.23. The molecule has 0 saturated carbocycles. The first-order valence-electron chi connectivity index (χ1n) is 9.26. The lowest BCUT2D eigenvalue weighted by Gasteiger charge is -2.19. The summed E-state index contributed by atoms with van der Waals surface area (Å²) in [6.45, 7) is 5.52. The number of pyridine rings is 1. The molecule has 0 radical (unpaired) electrons. The molecule has 5 nitrogen and oxygen atoms in total. The molecule has 0 fully saturated rings. The molecule has 0 aliphatic rings. The van der Waals surface area contributed by atoms with Crippen LogP contribution < -0.4 is 0 Å². The number of methoxy groups -OCH3 is 1. The zero-order valence-corrected chi connectivity index (χ0v) is 16.9. The summed E-state index contributed by atoms with van der Waals surface area (Å²) in [4.78, 5) is 27.8. The number of nitrogens with zero attached hydrogens (tertiary/aromatic N) is 1. The Kier molecular flexibility index (Phi) is 7.50. The second-order valence-electron chi connectivity index (χ2n) is 7.46. The Bertz CT molecular complexity index is 818. The minimum atomic E-state index is -0.510. The number of esters is 2. The summed E-state index contributed by atoms with van der Waals surface area (Å²) in [7, 11) is 1.39. The second kappa shape index (κ2) is 9.83. The summed E-state index contributed by atoms with van der Waals surface area (Å²) < 4.78 is 10.1. The molecule has 0 N–H and O–H groups in total. The zero-order valence-electron chi connectivity index (χ0n) is 16.9. The fourth-order valence-electron chi connectivity index (χ4n) is 2.64. The van der Waals surface area contributed by atoms with Gasteiger partial charge < -0.3 is 9.47 Å². The van der Waals surface area contributed by atoms with Crippen LogP contribution in [-0.4, -0.2) is 29.6 Å². The SMILES string of the molecule is COC(=O)CCC(=Cc1ccc(CC(=O)OC(C)(C)C)nc1)c1ccccc1. The van der Waals surface area contributed by atoms with Crippen molar-refractivity contribution in [3.63, 3.8) is 0 Å². The van der Waals surface area contributed by atoms with Crippen LogP contribution in [0.2, 0.25) is 0 Å². The van der Waals surface area contributed by atoms with Crippen LogP contribution in [0.25, 0.3) is 11.6 Å². The molecule has 0 aliphatic carbocycles. The maximum absolute atomic E-state index is 11.9. The maximum atomic E-state index is 11.9. The molecule has 0 unspecified atom stereocenters. The van der Waals surface area contributed by atoms with Crippen LogP contribution in [0.4, 0.5) is 0 Å². The summed E-state index contributed by atoms with van der Waals surface area (Å²) in [6.07, 6.45) is 4.73. The molecule has 1 aromatic carbocycles. The first-order valence-corrected chi connectivity index (χ1v) is 9.26. The molecule has 0 atom stereocenters. The molecule has 2 aromatic rings. The number of benzene rings is 1. The van der Waals surface area contributed by atoms with Crippen LogP contribution in [-0.2, 0) is 25.5 Å². The van der Waals surface area contributed by atoms with Crippen molar-refractivity contribution >= 4 is 23.6 Å². The number of carbonyl (C=O) groups is 2. The van der Waals surface area contributed by atoms with E-state index in [0.29, 0.717) is 18.5 Å². The molecule has 0 spiro atoms. The summed E-state index contributed by atoms with van der Waals surface area (Å²) in [6, 6.07) is 13.6. The van der Waals surface area contributed by atoms with Gasteiger partial charge in [0.05, 0.1) is 19.2 Å². The molecular weight excluding hydrogens is 354 g/mol. The van der Waals surface area contributed by atoms with Crippen LogP contribution in [0.3, 0.4) is 0 Å². The van der Waals surface area contributed by atoms with Gasteiger partial charge in [-0.05, 0) is 56.0 Å². The van der Waals surface area contributed by atoms with Gasteiger partial charge in [-0.1, -0.05) is 36.4 Å². The van der Waals surface area contributed by atoms with Crippen LogP contribution in [0.1, 0.15) is 50.4 Å². The standard InChI is InChI=1S/C23H27NO4/c1-23(2,3)28-22(26)15-20-12-10-17(16-24-20)14-19(11-13-21(25)27-4)18-8-6-5-7-9-18/h5-10,12,14,16H,11,13,15H2,1-4H3. The van der Waals surface area contributed by atoms with Crippen molar-refractivity contribution in [1.29, 1.82) is 0 Å². The van der Waals surface area contributed by atoms with E-state index in [1.165, 1.54) is 7.11 Å². The minimum absolute atomic E-state index is 0.134. The van der Waals surface area contributed by atoms with Crippen molar-refractivity contribution in [2.24, 2.45) is 0 Å². The van der Waals surface area contributed by atoms with E-state index >= 15 is 0 Å². The first kappa shape index (κ1) is 21.4. The van der Waals surface area contributed by atoms with Crippen molar-refractivity contribution < 1.29 is 19.1 Å². The molecule has 0 amide bonds. The Morgan fingerprint density at radius 3 is 2.29 bits per heavy atom. The number of hydrogen-bond acceptors (Lipinski definition) is 5. The predicted octanol–water partition coefficient (Wildman–Crippen LogP) is 4.46. The van der Waals surface area contributed by atoms with Crippen LogP contribution >= 0.6 is 0 Å². The van der Waals surface area contributed by atoms with Crippen molar-refractivity contribution in [1.82, 2.24) is 4.98 Å². The van der Waals surface area contributed by atoms with Gasteiger partial charge in [0.15, 0.2) is 0 Å². The number of carbonyl (C=O) groups excluding carboxylic acids is 2. The van der Waals surface area contributed by atoms with Gasteiger partial charge >= 0.3 is 11.9 Å². The molecule has 0 saturated heterocycles. The van der Waals surface area contributed by atoms with E-state index in [-0.39, 0.29) is 18.4 Å². The quantitative estimate of drug-likeness (QED) is 0.663. The topological polar surface area (TPSA) is 65.5 Å². The fourth-order valence-corrected chi connectivity index (χ4v) is 2.64. The Balaban J connectivity index is 2.14. The van der Waals surface area contributed by atoms with E-state index in [4.69, 9.17) is 9.47 Å². The summed E-state index contributed by atoms with van der Waals surface area (Å²) in [5.74, 6) is -0.543. The number of ether oxygens (including phenoxy) is 2. The van der Waals surface area contributed by atoms with Crippen molar-refractivity contribution in [2.45, 2.75) is 45.6 Å². The first-order chi connectivity index (χ1) is 13.3. The number of hydrogen-bond donors (Lipinski definition) is 0. The minimum Gasteiger partial charge on any atom is -0.469 e. The molecule has 0 aliphatic heterocycles. The van der Waals surface area contributed by atoms with Gasteiger partial charge in [0.2, 0.25) is 0 Å². The molecule has 2 rings (SSSR count). The molecule has 1 aromatic heterocycles. The van der Waals surface area contributed by atoms with Crippen LogP contribution in [0.5, 0.6) is 0 Å². The highest BCUT2D eigenvalue weighted by Gasteiger charge is 2.16. The third-order valence-electron chi connectivity index (χ3n) is 3.90. The van der Waals surface area contributed by atoms with E-state index in [1.807, 2.05) is 69.3 Å². The summed E-state index contributed by atoms with van der Waals surface area (Å²) in [5.41, 5.74) is 3.11. The van der Waals surface area contributed by atoms with Gasteiger partial charge in [0, 0.05) is 12.6 Å². The zero-order chi connectivity index (χ0) is 20.6. The highest BCUT2D eigenvalue weighted by molar-refractivity contribution is 5.83. The number of allylic oxidation sites excluding steroid dienone is 1. The van der Waals surface area contributed by atoms with E-state index in [1.54, 1.807) is 6.20 Å². The summed E-state index contributed by atoms with van der Waals surface area (Å²) >= 11 is 0. The van der Waals surface area contributed by atoms with Crippen molar-refractivity contribution in [3.8, 4) is 0 Å². The van der Waals surface area contributed by atoms with Gasteiger partial charge in [-0.15, -0.1) is 0 Å². The smallest absolute Gasteiger partial charge is 0.312 e. The Labute approximate surface area is 166 Å². The molecule has 148 valence electrons. The third kappa shape index (κ3) is 7.35. The molecule has 1 heterocycles. The van der Waals surface area contributed by atoms with Gasteiger partial charge in [-0.2, -0.15) is 0 Å². The lowest BCUT2D eigenvalue weighted by atomic mass is 9.99. The fraction of sp³-hybridized carbons (Fsp3) is 0.348. The molecule has 28 heavy (non-hydrogen) atoms. The number of rotatable bonds is 7. The average Bonchev–Trinajstić information content (AvgIpc) is 2.65. The Hall–Kier alpha value is -2.95. The molecule has 0 bridgehead atoms. The van der Waals surface area contributed by atoms with Crippen LogP contribution in [0.15, 0.2) is 48.7 Å². The molecule has 5 heteroatoms. The lowest BCUT2D eigenvalue weighted by Crippen LogP contribution is -2.25. The van der Waals surface area contributed by atoms with E-state index < -0.39 is 5.60 Å². The van der Waals surface area contributed by atoms with Gasteiger partial charge in [0.1, 0.15) is 5.60 Å². The van der Waals surface area contributed by atoms with Gasteiger partial charge in [-0.25, -0.2) is 0 Å². The van der Waals surface area contributed by atoms with Crippen molar-refractivity contribution in [3.05, 3.63) is 65.5 Å². The highest BCUT2D eigenvalue weighted by atomic mass is 16.6. The Morgan fingerprint density at radius 1 is 1.00 bits per heavy atom. The van der Waals surface area contributed by atoms with Gasteiger partial charge in [0.25, 0.3) is 0 Å². The van der Waals surface area contributed by atoms with E-state index in [9.17, 15) is 9.59 Å². The predicted molar refractivity (Wildman–Crippen MR) is 109 cm³/mol. The maximum Gasteiger partial charge on any atom is 0.312 e. The second-order valence-corrected chi connectivity index (χ2v) is 7.46. The lowest BCUT2D eigenvalue weighted by molar-refractivity contribution is -0.154. The summed E-state index contributed by atoms with van der Waals surface area (Å²) in [5, 5.41) is 0. The van der Waals surface area contributed by atoms with Crippen LogP contribution in [0, 0.1) is 0 Å². The van der Waals surface area contributed by atoms with E-state index in [0.717, 1.165) is 16.7 Å². The Morgan fingerprint density at radius 2 is 1.71 bits per heavy atom.